The van der Waals surface area contributed by atoms with E-state index in [-0.39, 0.29) is 5.91 Å². The first-order chi connectivity index (χ1) is 12.0. The first-order valence-corrected chi connectivity index (χ1v) is 8.31. The van der Waals surface area contributed by atoms with Gasteiger partial charge in [-0.25, -0.2) is 0 Å². The number of amides is 1. The number of hydrogen-bond acceptors (Lipinski definition) is 5. The fourth-order valence-corrected chi connectivity index (χ4v) is 2.99. The second-order valence-corrected chi connectivity index (χ2v) is 6.22. The molecule has 0 aliphatic carbocycles. The van der Waals surface area contributed by atoms with E-state index < -0.39 is 6.04 Å². The Morgan fingerprint density at radius 3 is 2.92 bits per heavy atom. The number of nitrogens with two attached hydrogens (primary N) is 1. The van der Waals surface area contributed by atoms with Gasteiger partial charge >= 0.3 is 0 Å². The molecule has 0 bridgehead atoms. The average Bonchev–Trinajstić information content (AvgIpc) is 2.60. The number of nitrogen functional groups attached to an aromatic ring is 1. The number of rotatable bonds is 4. The van der Waals surface area contributed by atoms with E-state index in [9.17, 15) is 4.79 Å². The molecular weight excluding hydrogens is 342 g/mol. The second kappa shape index (κ2) is 7.11. The summed E-state index contributed by atoms with van der Waals surface area (Å²) in [6.07, 6.45) is 0. The topological polar surface area (TPSA) is 76.8 Å². The van der Waals surface area contributed by atoms with Gasteiger partial charge < -0.3 is 25.4 Å². The molecule has 1 unspecified atom stereocenters. The SMILES string of the molecule is COc1ccc(Cl)cc1NC(=O)C(C)N1CCOc2ccc(N)cc21. The van der Waals surface area contributed by atoms with E-state index in [1.54, 1.807) is 31.4 Å². The molecule has 1 heterocycles. The van der Waals surface area contributed by atoms with Crippen LogP contribution in [0.1, 0.15) is 6.92 Å². The molecule has 0 spiro atoms. The molecular formula is C18H20ClN3O3. The van der Waals surface area contributed by atoms with Gasteiger partial charge in [0, 0.05) is 10.7 Å². The van der Waals surface area contributed by atoms with Gasteiger partial charge in [-0.05, 0) is 43.3 Å². The van der Waals surface area contributed by atoms with Crippen molar-refractivity contribution in [1.82, 2.24) is 0 Å². The van der Waals surface area contributed by atoms with Crippen molar-refractivity contribution >= 4 is 34.6 Å². The first kappa shape index (κ1) is 17.2. The lowest BCUT2D eigenvalue weighted by Crippen LogP contribution is -2.46. The van der Waals surface area contributed by atoms with Crippen LogP contribution in [0, 0.1) is 0 Å². The van der Waals surface area contributed by atoms with Crippen LogP contribution in [0.15, 0.2) is 36.4 Å². The maximum absolute atomic E-state index is 12.8. The third kappa shape index (κ3) is 3.58. The highest BCUT2D eigenvalue weighted by atomic mass is 35.5. The summed E-state index contributed by atoms with van der Waals surface area (Å²) in [5, 5.41) is 3.40. The molecule has 1 amide bonds. The Balaban J connectivity index is 1.83. The van der Waals surface area contributed by atoms with Crippen LogP contribution >= 0.6 is 11.6 Å². The lowest BCUT2D eigenvalue weighted by Gasteiger charge is -2.35. The Kier molecular flexibility index (Phi) is 4.90. The van der Waals surface area contributed by atoms with E-state index in [0.717, 1.165) is 11.4 Å². The maximum atomic E-state index is 12.8. The fourth-order valence-electron chi connectivity index (χ4n) is 2.81. The summed E-state index contributed by atoms with van der Waals surface area (Å²) in [5.74, 6) is 1.10. The molecule has 6 nitrogen and oxygen atoms in total. The molecule has 1 aliphatic heterocycles. The zero-order valence-corrected chi connectivity index (χ0v) is 14.8. The first-order valence-electron chi connectivity index (χ1n) is 7.93. The third-order valence-electron chi connectivity index (χ3n) is 4.15. The predicted octanol–water partition coefficient (Wildman–Crippen LogP) is 3.16. The summed E-state index contributed by atoms with van der Waals surface area (Å²) in [4.78, 5) is 14.7. The smallest absolute Gasteiger partial charge is 0.246 e. The van der Waals surface area contributed by atoms with Crippen LogP contribution in [0.2, 0.25) is 5.02 Å². The largest absolute Gasteiger partial charge is 0.495 e. The lowest BCUT2D eigenvalue weighted by molar-refractivity contribution is -0.117. The van der Waals surface area contributed by atoms with Crippen LogP contribution in [-0.2, 0) is 4.79 Å². The van der Waals surface area contributed by atoms with E-state index in [4.69, 9.17) is 26.8 Å². The van der Waals surface area contributed by atoms with E-state index >= 15 is 0 Å². The summed E-state index contributed by atoms with van der Waals surface area (Å²) in [6.45, 7) is 2.94. The van der Waals surface area contributed by atoms with Crippen LogP contribution in [0.3, 0.4) is 0 Å². The van der Waals surface area contributed by atoms with Crippen LogP contribution in [-0.4, -0.2) is 32.2 Å². The van der Waals surface area contributed by atoms with Crippen LogP contribution in [0.25, 0.3) is 0 Å². The summed E-state index contributed by atoms with van der Waals surface area (Å²) in [5.41, 5.74) is 7.86. The molecule has 7 heteroatoms. The normalized spacial score (nSPS) is 14.3. The van der Waals surface area contributed by atoms with Crippen LogP contribution < -0.4 is 25.4 Å². The highest BCUT2D eigenvalue weighted by Gasteiger charge is 2.27. The zero-order chi connectivity index (χ0) is 18.0. The monoisotopic (exact) mass is 361 g/mol. The van der Waals surface area contributed by atoms with E-state index in [2.05, 4.69) is 5.32 Å². The van der Waals surface area contributed by atoms with Crippen molar-refractivity contribution in [3.8, 4) is 11.5 Å². The molecule has 2 aromatic rings. The molecule has 0 saturated heterocycles. The van der Waals surface area contributed by atoms with Crippen molar-refractivity contribution in [1.29, 1.82) is 0 Å². The number of carbonyl (C=O) groups excluding carboxylic acids is 1. The number of halogens is 1. The van der Waals surface area contributed by atoms with Gasteiger partial charge in [0.05, 0.1) is 25.0 Å². The molecule has 1 atom stereocenters. The number of nitrogens with one attached hydrogen (secondary N) is 1. The molecule has 25 heavy (non-hydrogen) atoms. The lowest BCUT2D eigenvalue weighted by atomic mass is 10.1. The van der Waals surface area contributed by atoms with Crippen LogP contribution in [0.4, 0.5) is 17.1 Å². The Hall–Kier alpha value is -2.60. The number of carbonyl (C=O) groups is 1. The number of anilines is 3. The van der Waals surface area contributed by atoms with Gasteiger partial charge in [-0.15, -0.1) is 0 Å². The van der Waals surface area contributed by atoms with Gasteiger partial charge in [0.15, 0.2) is 0 Å². The quantitative estimate of drug-likeness (QED) is 0.818. The molecule has 0 radical (unpaired) electrons. The number of nitrogens with zero attached hydrogens (tertiary/aromatic N) is 1. The van der Waals surface area contributed by atoms with Gasteiger partial charge in [-0.3, -0.25) is 4.79 Å². The molecule has 3 rings (SSSR count). The van der Waals surface area contributed by atoms with Crippen molar-refractivity contribution < 1.29 is 14.3 Å². The Labute approximate surface area is 151 Å². The zero-order valence-electron chi connectivity index (χ0n) is 14.1. The molecule has 2 aromatic carbocycles. The molecule has 0 saturated carbocycles. The minimum Gasteiger partial charge on any atom is -0.495 e. The molecule has 0 aromatic heterocycles. The van der Waals surface area contributed by atoms with Gasteiger partial charge in [-0.2, -0.15) is 0 Å². The maximum Gasteiger partial charge on any atom is 0.246 e. The molecule has 3 N–H and O–H groups in total. The Morgan fingerprint density at radius 2 is 2.16 bits per heavy atom. The van der Waals surface area contributed by atoms with Crippen molar-refractivity contribution in [3.05, 3.63) is 41.4 Å². The summed E-state index contributed by atoms with van der Waals surface area (Å²) < 4.78 is 10.9. The fraction of sp³-hybridized carbons (Fsp3) is 0.278. The van der Waals surface area contributed by atoms with E-state index in [0.29, 0.717) is 35.3 Å². The molecule has 132 valence electrons. The van der Waals surface area contributed by atoms with Gasteiger partial charge in [0.25, 0.3) is 0 Å². The minimum absolute atomic E-state index is 0.171. The van der Waals surface area contributed by atoms with Gasteiger partial charge in [0.2, 0.25) is 5.91 Å². The van der Waals surface area contributed by atoms with Gasteiger partial charge in [-0.1, -0.05) is 11.6 Å². The summed E-state index contributed by atoms with van der Waals surface area (Å²) in [6, 6.07) is 10.1. The molecule has 0 fully saturated rings. The highest BCUT2D eigenvalue weighted by molar-refractivity contribution is 6.31. The highest BCUT2D eigenvalue weighted by Crippen LogP contribution is 2.35. The van der Waals surface area contributed by atoms with Crippen molar-refractivity contribution in [3.63, 3.8) is 0 Å². The van der Waals surface area contributed by atoms with Crippen molar-refractivity contribution in [2.75, 3.05) is 36.2 Å². The van der Waals surface area contributed by atoms with Crippen molar-refractivity contribution in [2.45, 2.75) is 13.0 Å². The number of benzene rings is 2. The number of fused-ring (bicyclic) bond motifs is 1. The van der Waals surface area contributed by atoms with Crippen LogP contribution in [0.5, 0.6) is 11.5 Å². The number of methoxy groups -OCH3 is 1. The van der Waals surface area contributed by atoms with E-state index in [1.165, 1.54) is 0 Å². The number of ether oxygens (including phenoxy) is 2. The minimum atomic E-state index is -0.423. The second-order valence-electron chi connectivity index (χ2n) is 5.78. The Bertz CT molecular complexity index is 797. The third-order valence-corrected chi connectivity index (χ3v) is 4.38. The van der Waals surface area contributed by atoms with E-state index in [1.807, 2.05) is 24.0 Å². The van der Waals surface area contributed by atoms with Crippen molar-refractivity contribution in [2.24, 2.45) is 0 Å². The predicted molar refractivity (Wildman–Crippen MR) is 99.8 cm³/mol. The van der Waals surface area contributed by atoms with Gasteiger partial charge in [0.1, 0.15) is 24.1 Å². The molecule has 1 aliphatic rings. The number of hydrogen-bond donors (Lipinski definition) is 2. The average molecular weight is 362 g/mol. The standard InChI is InChI=1S/C18H20ClN3O3/c1-11(18(23)21-14-9-12(19)3-5-16(14)24-2)22-7-8-25-17-6-4-13(20)10-15(17)22/h3-6,9-11H,7-8,20H2,1-2H3,(H,21,23). The summed E-state index contributed by atoms with van der Waals surface area (Å²) in [7, 11) is 1.54. The Morgan fingerprint density at radius 1 is 1.36 bits per heavy atom. The summed E-state index contributed by atoms with van der Waals surface area (Å²) >= 11 is 6.02.